The number of aliphatic imine (C=N–C) groups is 1. The summed E-state index contributed by atoms with van der Waals surface area (Å²) in [5, 5.41) is 10.7. The first-order valence-electron chi connectivity index (χ1n) is 8.04. The largest absolute Gasteiger partial charge is 0.496 e. The van der Waals surface area contributed by atoms with Gasteiger partial charge in [-0.15, -0.1) is 0 Å². The first-order chi connectivity index (χ1) is 12.2. The highest BCUT2D eigenvalue weighted by Gasteiger charge is 2.13. The number of rotatable bonds is 8. The highest BCUT2D eigenvalue weighted by atomic mass is 32.1. The molecular weight excluding hydrogens is 338 g/mol. The summed E-state index contributed by atoms with van der Waals surface area (Å²) < 4.78 is 16.2. The quantitative estimate of drug-likeness (QED) is 0.558. The summed E-state index contributed by atoms with van der Waals surface area (Å²) in [6, 6.07) is 5.76. The van der Waals surface area contributed by atoms with Gasteiger partial charge in [-0.3, -0.25) is 0 Å². The number of thiophene rings is 1. The molecule has 0 atom stereocenters. The molecule has 1 aromatic heterocycles. The maximum absolute atomic E-state index is 5.48. The van der Waals surface area contributed by atoms with Crippen LogP contribution in [-0.4, -0.2) is 33.8 Å². The van der Waals surface area contributed by atoms with Crippen molar-refractivity contribution in [3.05, 3.63) is 40.1 Å². The Morgan fingerprint density at radius 2 is 1.80 bits per heavy atom. The van der Waals surface area contributed by atoms with Crippen LogP contribution in [0.15, 0.2) is 34.0 Å². The van der Waals surface area contributed by atoms with Crippen molar-refractivity contribution in [3.8, 4) is 17.2 Å². The van der Waals surface area contributed by atoms with E-state index in [2.05, 4.69) is 32.5 Å². The fourth-order valence-electron chi connectivity index (χ4n) is 2.32. The molecule has 0 aliphatic heterocycles. The van der Waals surface area contributed by atoms with Crippen LogP contribution in [0.1, 0.15) is 18.1 Å². The summed E-state index contributed by atoms with van der Waals surface area (Å²) >= 11 is 1.67. The second kappa shape index (κ2) is 9.78. The minimum Gasteiger partial charge on any atom is -0.496 e. The Bertz CT molecular complexity index is 662. The summed E-state index contributed by atoms with van der Waals surface area (Å²) in [6.07, 6.45) is 0. The third-order valence-electron chi connectivity index (χ3n) is 3.59. The van der Waals surface area contributed by atoms with E-state index >= 15 is 0 Å². The zero-order chi connectivity index (χ0) is 18.1. The fourth-order valence-corrected chi connectivity index (χ4v) is 2.98. The molecule has 0 spiro atoms. The van der Waals surface area contributed by atoms with Gasteiger partial charge in [0.15, 0.2) is 5.96 Å². The molecule has 0 bridgehead atoms. The van der Waals surface area contributed by atoms with Gasteiger partial charge in [0.05, 0.1) is 40.0 Å². The molecule has 0 aliphatic carbocycles. The monoisotopic (exact) mass is 363 g/mol. The number of nitrogens with one attached hydrogen (secondary N) is 2. The van der Waals surface area contributed by atoms with Crippen molar-refractivity contribution in [1.82, 2.24) is 10.6 Å². The van der Waals surface area contributed by atoms with Crippen LogP contribution in [-0.2, 0) is 13.1 Å². The van der Waals surface area contributed by atoms with Gasteiger partial charge in [0.1, 0.15) is 17.2 Å². The second-order valence-electron chi connectivity index (χ2n) is 5.19. The summed E-state index contributed by atoms with van der Waals surface area (Å²) in [6.45, 7) is 3.98. The standard InChI is InChI=1S/C18H25N3O3S/c1-5-19-18(20-10-13-6-7-25-12-13)21-11-15-16(23-3)8-14(22-2)9-17(15)24-4/h6-9,12H,5,10-11H2,1-4H3,(H2,19,20,21). The average Bonchev–Trinajstić information content (AvgIpc) is 3.16. The van der Waals surface area contributed by atoms with Gasteiger partial charge in [0.25, 0.3) is 0 Å². The lowest BCUT2D eigenvalue weighted by Crippen LogP contribution is -2.37. The van der Waals surface area contributed by atoms with Crippen molar-refractivity contribution in [3.63, 3.8) is 0 Å². The van der Waals surface area contributed by atoms with E-state index in [4.69, 9.17) is 14.2 Å². The molecule has 0 saturated carbocycles. The minimum absolute atomic E-state index is 0.520. The molecule has 6 nitrogen and oxygen atoms in total. The van der Waals surface area contributed by atoms with Gasteiger partial charge < -0.3 is 24.8 Å². The van der Waals surface area contributed by atoms with E-state index in [1.54, 1.807) is 32.7 Å². The normalized spacial score (nSPS) is 11.1. The first-order valence-corrected chi connectivity index (χ1v) is 8.98. The van der Waals surface area contributed by atoms with Crippen molar-refractivity contribution in [2.45, 2.75) is 20.0 Å². The number of methoxy groups -OCH3 is 3. The molecule has 0 radical (unpaired) electrons. The van der Waals surface area contributed by atoms with E-state index in [0.717, 1.165) is 18.1 Å². The molecule has 7 heteroatoms. The Morgan fingerprint density at radius 3 is 2.32 bits per heavy atom. The minimum atomic E-state index is 0.520. The number of hydrogen-bond donors (Lipinski definition) is 2. The van der Waals surface area contributed by atoms with Crippen LogP contribution in [0.25, 0.3) is 0 Å². The predicted molar refractivity (Wildman–Crippen MR) is 102 cm³/mol. The summed E-state index contributed by atoms with van der Waals surface area (Å²) in [5.74, 6) is 2.85. The lowest BCUT2D eigenvalue weighted by molar-refractivity contribution is 0.368. The smallest absolute Gasteiger partial charge is 0.191 e. The molecule has 0 amide bonds. The van der Waals surface area contributed by atoms with Gasteiger partial charge in [0.2, 0.25) is 0 Å². The van der Waals surface area contributed by atoms with Crippen molar-refractivity contribution in [2.24, 2.45) is 4.99 Å². The third kappa shape index (κ3) is 5.29. The van der Waals surface area contributed by atoms with E-state index in [1.807, 2.05) is 19.1 Å². The first kappa shape index (κ1) is 18.9. The Labute approximate surface area is 152 Å². The zero-order valence-electron chi connectivity index (χ0n) is 15.1. The molecule has 136 valence electrons. The van der Waals surface area contributed by atoms with Gasteiger partial charge in [-0.05, 0) is 29.3 Å². The molecule has 0 unspecified atom stereocenters. The number of benzene rings is 1. The Balaban J connectivity index is 2.14. The van der Waals surface area contributed by atoms with Crippen LogP contribution in [0.2, 0.25) is 0 Å². The maximum Gasteiger partial charge on any atom is 0.191 e. The lowest BCUT2D eigenvalue weighted by Gasteiger charge is -2.17. The predicted octanol–water partition coefficient (Wildman–Crippen LogP) is 3.03. The van der Waals surface area contributed by atoms with Gasteiger partial charge in [-0.1, -0.05) is 0 Å². The third-order valence-corrected chi connectivity index (χ3v) is 4.33. The van der Waals surface area contributed by atoms with Crippen molar-refractivity contribution >= 4 is 17.3 Å². The maximum atomic E-state index is 5.48. The van der Waals surface area contributed by atoms with E-state index in [0.29, 0.717) is 30.3 Å². The summed E-state index contributed by atoms with van der Waals surface area (Å²) in [5.41, 5.74) is 2.11. The lowest BCUT2D eigenvalue weighted by atomic mass is 10.1. The van der Waals surface area contributed by atoms with Crippen LogP contribution in [0, 0.1) is 0 Å². The Kier molecular flexibility index (Phi) is 7.40. The summed E-state index contributed by atoms with van der Waals surface area (Å²) in [4.78, 5) is 4.61. The van der Waals surface area contributed by atoms with Crippen LogP contribution < -0.4 is 24.8 Å². The van der Waals surface area contributed by atoms with Gasteiger partial charge in [-0.2, -0.15) is 11.3 Å². The van der Waals surface area contributed by atoms with Crippen molar-refractivity contribution in [2.75, 3.05) is 27.9 Å². The van der Waals surface area contributed by atoms with Gasteiger partial charge >= 0.3 is 0 Å². The highest BCUT2D eigenvalue weighted by Crippen LogP contribution is 2.33. The van der Waals surface area contributed by atoms with Crippen LogP contribution in [0.4, 0.5) is 0 Å². The highest BCUT2D eigenvalue weighted by molar-refractivity contribution is 7.07. The van der Waals surface area contributed by atoms with E-state index in [1.165, 1.54) is 5.56 Å². The molecule has 0 saturated heterocycles. The van der Waals surface area contributed by atoms with Crippen LogP contribution in [0.5, 0.6) is 17.2 Å². The SMILES string of the molecule is CCNC(=NCc1ccsc1)NCc1c(OC)cc(OC)cc1OC. The molecule has 0 aliphatic rings. The zero-order valence-corrected chi connectivity index (χ0v) is 15.9. The fraction of sp³-hybridized carbons (Fsp3) is 0.389. The molecular formula is C18H25N3O3S. The molecule has 1 heterocycles. The molecule has 25 heavy (non-hydrogen) atoms. The average molecular weight is 363 g/mol. The van der Waals surface area contributed by atoms with Crippen LogP contribution in [0.3, 0.4) is 0 Å². The van der Waals surface area contributed by atoms with E-state index < -0.39 is 0 Å². The van der Waals surface area contributed by atoms with Gasteiger partial charge in [-0.25, -0.2) is 4.99 Å². The van der Waals surface area contributed by atoms with Crippen LogP contribution >= 0.6 is 11.3 Å². The Hall–Kier alpha value is -2.41. The molecule has 2 rings (SSSR count). The number of ether oxygens (including phenoxy) is 3. The van der Waals surface area contributed by atoms with Gasteiger partial charge in [0, 0.05) is 18.7 Å². The molecule has 2 N–H and O–H groups in total. The van der Waals surface area contributed by atoms with Crippen molar-refractivity contribution in [1.29, 1.82) is 0 Å². The van der Waals surface area contributed by atoms with Crippen molar-refractivity contribution < 1.29 is 14.2 Å². The number of nitrogens with zero attached hydrogens (tertiary/aromatic N) is 1. The number of hydrogen-bond acceptors (Lipinski definition) is 5. The molecule has 1 aromatic carbocycles. The number of guanidine groups is 1. The topological polar surface area (TPSA) is 64.1 Å². The summed E-state index contributed by atoms with van der Waals surface area (Å²) in [7, 11) is 4.88. The Morgan fingerprint density at radius 1 is 1.08 bits per heavy atom. The van der Waals surface area contributed by atoms with E-state index in [-0.39, 0.29) is 0 Å². The second-order valence-corrected chi connectivity index (χ2v) is 5.97. The van der Waals surface area contributed by atoms with E-state index in [9.17, 15) is 0 Å². The molecule has 0 fully saturated rings. The molecule has 2 aromatic rings.